The van der Waals surface area contributed by atoms with Gasteiger partial charge in [-0.05, 0) is 56.2 Å². The SMILES string of the molecule is Cc1ccc(S(=O)(=O)N2CCC[C@H]2C(=O)N2CCC(NS(=O)(=O)c3cccs3)CC2)cc1. The van der Waals surface area contributed by atoms with Crippen LogP contribution >= 0.6 is 11.3 Å². The van der Waals surface area contributed by atoms with Gasteiger partial charge >= 0.3 is 0 Å². The molecule has 1 atom stereocenters. The fourth-order valence-corrected chi connectivity index (χ4v) is 8.21. The molecule has 0 radical (unpaired) electrons. The molecule has 174 valence electrons. The molecule has 8 nitrogen and oxygen atoms in total. The van der Waals surface area contributed by atoms with Crippen molar-refractivity contribution in [1.82, 2.24) is 13.9 Å². The topological polar surface area (TPSA) is 104 Å². The van der Waals surface area contributed by atoms with Gasteiger partial charge in [-0.2, -0.15) is 4.31 Å². The summed E-state index contributed by atoms with van der Waals surface area (Å²) in [6, 6.07) is 8.96. The normalized spacial score (nSPS) is 21.2. The van der Waals surface area contributed by atoms with E-state index < -0.39 is 26.1 Å². The summed E-state index contributed by atoms with van der Waals surface area (Å²) in [7, 11) is -7.31. The first-order valence-electron chi connectivity index (χ1n) is 10.6. The lowest BCUT2D eigenvalue weighted by Crippen LogP contribution is -2.52. The number of thiophene rings is 1. The summed E-state index contributed by atoms with van der Waals surface area (Å²) < 4.78 is 55.5. The van der Waals surface area contributed by atoms with E-state index in [4.69, 9.17) is 0 Å². The highest BCUT2D eigenvalue weighted by Crippen LogP contribution is 2.28. The first-order chi connectivity index (χ1) is 15.2. The van der Waals surface area contributed by atoms with E-state index in [1.165, 1.54) is 4.31 Å². The van der Waals surface area contributed by atoms with Gasteiger partial charge in [0.15, 0.2) is 0 Å². The zero-order valence-corrected chi connectivity index (χ0v) is 20.3. The summed E-state index contributed by atoms with van der Waals surface area (Å²) in [5.74, 6) is -0.197. The van der Waals surface area contributed by atoms with E-state index in [1.807, 2.05) is 6.92 Å². The lowest BCUT2D eigenvalue weighted by atomic mass is 10.0. The number of piperidine rings is 1. The number of rotatable bonds is 6. The Bertz CT molecular complexity index is 1150. The average molecular weight is 498 g/mol. The standard InChI is InChI=1S/C21H27N3O5S3/c1-16-6-8-18(9-7-16)32(28,29)24-12-2-4-19(24)21(25)23-13-10-17(11-14-23)22-31(26,27)20-5-3-15-30-20/h3,5-9,15,17,19,22H,2,4,10-14H2,1H3/t19-/m0/s1. The highest BCUT2D eigenvalue weighted by Gasteiger charge is 2.41. The van der Waals surface area contributed by atoms with Crippen LogP contribution in [0.15, 0.2) is 50.9 Å². The van der Waals surface area contributed by atoms with Gasteiger partial charge in [-0.1, -0.05) is 23.8 Å². The Balaban J connectivity index is 1.40. The maximum absolute atomic E-state index is 13.2. The van der Waals surface area contributed by atoms with Gasteiger partial charge in [-0.15, -0.1) is 11.3 Å². The molecule has 4 rings (SSSR count). The minimum Gasteiger partial charge on any atom is -0.341 e. The lowest BCUT2D eigenvalue weighted by Gasteiger charge is -2.35. The van der Waals surface area contributed by atoms with E-state index in [-0.39, 0.29) is 21.1 Å². The summed E-state index contributed by atoms with van der Waals surface area (Å²) in [6.45, 7) is 3.00. The molecule has 2 saturated heterocycles. The molecule has 1 aromatic carbocycles. The Morgan fingerprint density at radius 1 is 1.00 bits per heavy atom. The molecule has 2 fully saturated rings. The van der Waals surface area contributed by atoms with E-state index in [1.54, 1.807) is 46.7 Å². The third-order valence-electron chi connectivity index (χ3n) is 6.00. The van der Waals surface area contributed by atoms with Gasteiger partial charge in [-0.25, -0.2) is 21.6 Å². The van der Waals surface area contributed by atoms with Crippen molar-refractivity contribution in [3.8, 4) is 0 Å². The number of hydrogen-bond donors (Lipinski definition) is 1. The molecule has 0 saturated carbocycles. The molecule has 0 aliphatic carbocycles. The molecule has 0 spiro atoms. The van der Waals surface area contributed by atoms with Crippen molar-refractivity contribution in [1.29, 1.82) is 0 Å². The van der Waals surface area contributed by atoms with Crippen LogP contribution in [0.2, 0.25) is 0 Å². The molecular formula is C21H27N3O5S3. The van der Waals surface area contributed by atoms with Crippen molar-refractivity contribution in [2.24, 2.45) is 0 Å². The quantitative estimate of drug-likeness (QED) is 0.659. The third-order valence-corrected chi connectivity index (χ3v) is 10.8. The van der Waals surface area contributed by atoms with Gasteiger partial charge in [0.1, 0.15) is 10.3 Å². The molecule has 11 heteroatoms. The molecule has 3 heterocycles. The molecule has 2 aliphatic heterocycles. The lowest BCUT2D eigenvalue weighted by molar-refractivity contribution is -0.135. The highest BCUT2D eigenvalue weighted by atomic mass is 32.2. The second-order valence-corrected chi connectivity index (χ2v) is 13.0. The number of amides is 1. The fourth-order valence-electron chi connectivity index (χ4n) is 4.24. The van der Waals surface area contributed by atoms with Gasteiger partial charge < -0.3 is 4.90 Å². The predicted octanol–water partition coefficient (Wildman–Crippen LogP) is 2.18. The van der Waals surface area contributed by atoms with Crippen molar-refractivity contribution in [3.05, 3.63) is 47.3 Å². The van der Waals surface area contributed by atoms with Crippen LogP contribution in [0.3, 0.4) is 0 Å². The van der Waals surface area contributed by atoms with Crippen LogP contribution in [-0.4, -0.2) is 63.7 Å². The highest BCUT2D eigenvalue weighted by molar-refractivity contribution is 7.91. The second kappa shape index (κ2) is 9.22. The van der Waals surface area contributed by atoms with Crippen molar-refractivity contribution < 1.29 is 21.6 Å². The average Bonchev–Trinajstić information content (AvgIpc) is 3.47. The van der Waals surface area contributed by atoms with Crippen LogP contribution in [-0.2, 0) is 24.8 Å². The van der Waals surface area contributed by atoms with Crippen LogP contribution in [0.4, 0.5) is 0 Å². The summed E-state index contributed by atoms with van der Waals surface area (Å²) in [5, 5.41) is 1.72. The van der Waals surface area contributed by atoms with Crippen LogP contribution in [0.5, 0.6) is 0 Å². The smallest absolute Gasteiger partial charge is 0.250 e. The number of nitrogens with one attached hydrogen (secondary N) is 1. The second-order valence-electron chi connectivity index (χ2n) is 8.24. The Kier molecular flexibility index (Phi) is 6.73. The maximum Gasteiger partial charge on any atom is 0.250 e. The van der Waals surface area contributed by atoms with Gasteiger partial charge in [-0.3, -0.25) is 4.79 Å². The van der Waals surface area contributed by atoms with E-state index in [0.717, 1.165) is 16.9 Å². The summed E-state index contributed by atoms with van der Waals surface area (Å²) in [5.41, 5.74) is 0.968. The zero-order valence-electron chi connectivity index (χ0n) is 17.8. The largest absolute Gasteiger partial charge is 0.341 e. The van der Waals surface area contributed by atoms with Crippen molar-refractivity contribution in [3.63, 3.8) is 0 Å². The van der Waals surface area contributed by atoms with E-state index >= 15 is 0 Å². The Morgan fingerprint density at radius 2 is 1.69 bits per heavy atom. The van der Waals surface area contributed by atoms with Crippen LogP contribution in [0.25, 0.3) is 0 Å². The van der Waals surface area contributed by atoms with Gasteiger partial charge in [0.25, 0.3) is 0 Å². The van der Waals surface area contributed by atoms with Crippen LogP contribution in [0.1, 0.15) is 31.2 Å². The van der Waals surface area contributed by atoms with Gasteiger partial charge in [0.2, 0.25) is 26.0 Å². The predicted molar refractivity (Wildman–Crippen MR) is 122 cm³/mol. The molecule has 1 amide bonds. The number of carbonyl (C=O) groups is 1. The molecule has 1 aromatic heterocycles. The fraction of sp³-hybridized carbons (Fsp3) is 0.476. The monoisotopic (exact) mass is 497 g/mol. The first-order valence-corrected chi connectivity index (χ1v) is 14.4. The molecule has 32 heavy (non-hydrogen) atoms. The number of likely N-dealkylation sites (tertiary alicyclic amines) is 1. The molecule has 2 aromatic rings. The maximum atomic E-state index is 13.2. The summed E-state index contributed by atoms with van der Waals surface area (Å²) >= 11 is 1.16. The van der Waals surface area contributed by atoms with E-state index in [9.17, 15) is 21.6 Å². The van der Waals surface area contributed by atoms with Crippen LogP contribution < -0.4 is 4.72 Å². The third kappa shape index (κ3) is 4.76. The Labute approximate surface area is 193 Å². The minimum atomic E-state index is -3.75. The van der Waals surface area contributed by atoms with Crippen molar-refractivity contribution in [2.75, 3.05) is 19.6 Å². The molecule has 2 aliphatic rings. The number of aryl methyl sites for hydroxylation is 1. The number of benzene rings is 1. The van der Waals surface area contributed by atoms with E-state index in [0.29, 0.717) is 45.3 Å². The molecule has 1 N–H and O–H groups in total. The summed E-state index contributed by atoms with van der Waals surface area (Å²) in [4.78, 5) is 15.1. The molecule has 0 unspecified atom stereocenters. The summed E-state index contributed by atoms with van der Waals surface area (Å²) in [6.07, 6.45) is 2.12. The van der Waals surface area contributed by atoms with Gasteiger partial charge in [0.05, 0.1) is 4.90 Å². The minimum absolute atomic E-state index is 0.197. The van der Waals surface area contributed by atoms with Crippen LogP contribution in [0, 0.1) is 6.92 Å². The number of sulfonamides is 2. The first kappa shape index (κ1) is 23.4. The molecular weight excluding hydrogens is 470 g/mol. The van der Waals surface area contributed by atoms with Crippen molar-refractivity contribution in [2.45, 2.75) is 53.8 Å². The Hall–Kier alpha value is -1.79. The van der Waals surface area contributed by atoms with E-state index in [2.05, 4.69) is 4.72 Å². The number of carbonyl (C=O) groups excluding carboxylic acids is 1. The molecule has 0 bridgehead atoms. The number of hydrogen-bond acceptors (Lipinski definition) is 6. The number of nitrogens with zero attached hydrogens (tertiary/aromatic N) is 2. The Morgan fingerprint density at radius 3 is 2.31 bits per heavy atom. The van der Waals surface area contributed by atoms with Crippen molar-refractivity contribution >= 4 is 37.3 Å². The zero-order chi connectivity index (χ0) is 22.9. The van der Waals surface area contributed by atoms with Gasteiger partial charge in [0, 0.05) is 25.7 Å².